The lowest BCUT2D eigenvalue weighted by atomic mass is 10.2. The quantitative estimate of drug-likeness (QED) is 0.366. The molecular formula is C13H23NO5S3. The van der Waals surface area contributed by atoms with Crippen LogP contribution in [0.25, 0.3) is 0 Å². The first-order valence-electron chi connectivity index (χ1n) is 7.08. The first kappa shape index (κ1) is 19.6. The first-order chi connectivity index (χ1) is 10.2. The van der Waals surface area contributed by atoms with E-state index in [4.69, 9.17) is 4.74 Å². The molecule has 0 saturated carbocycles. The molecule has 0 aromatic heterocycles. The van der Waals surface area contributed by atoms with Gasteiger partial charge in [0, 0.05) is 31.2 Å². The number of carbonyl (C=O) groups excluding carboxylic acids is 2. The molecule has 1 saturated heterocycles. The number of nitrogens with zero attached hydrogens (tertiary/aromatic N) is 1. The van der Waals surface area contributed by atoms with Gasteiger partial charge < -0.3 is 9.64 Å². The lowest BCUT2D eigenvalue weighted by molar-refractivity contribution is -0.152. The van der Waals surface area contributed by atoms with Crippen molar-refractivity contribution >= 4 is 43.3 Å². The number of ether oxygens (including phenoxy) is 1. The molecular weight excluding hydrogens is 346 g/mol. The van der Waals surface area contributed by atoms with Gasteiger partial charge in [-0.2, -0.15) is 0 Å². The summed E-state index contributed by atoms with van der Waals surface area (Å²) in [7, 11) is 1.26. The van der Waals surface area contributed by atoms with E-state index >= 15 is 0 Å². The van der Waals surface area contributed by atoms with Gasteiger partial charge >= 0.3 is 5.97 Å². The Morgan fingerprint density at radius 3 is 2.55 bits per heavy atom. The topological polar surface area (TPSA) is 80.8 Å². The number of amides is 1. The Balaban J connectivity index is 2.53. The molecule has 0 aromatic carbocycles. The molecule has 1 amide bonds. The van der Waals surface area contributed by atoms with Gasteiger partial charge in [0.25, 0.3) is 0 Å². The summed E-state index contributed by atoms with van der Waals surface area (Å²) in [6.45, 7) is 2.02. The Bertz CT molecular complexity index is 508. The summed E-state index contributed by atoms with van der Waals surface area (Å²) in [6.07, 6.45) is 3.94. The lowest BCUT2D eigenvalue weighted by Gasteiger charge is -2.33. The van der Waals surface area contributed by atoms with Gasteiger partial charge in [-0.1, -0.05) is 21.6 Å². The molecule has 128 valence electrons. The monoisotopic (exact) mass is 369 g/mol. The van der Waals surface area contributed by atoms with Gasteiger partial charge in [0.15, 0.2) is 4.87 Å². The Hall–Kier alpha value is -0.410. The van der Waals surface area contributed by atoms with Gasteiger partial charge in [-0.25, -0.2) is 13.2 Å². The molecule has 0 unspecified atom stereocenters. The fourth-order valence-corrected chi connectivity index (χ4v) is 6.29. The zero-order chi connectivity index (χ0) is 16.8. The second-order valence-electron chi connectivity index (χ2n) is 5.29. The number of carbonyl (C=O) groups is 2. The Morgan fingerprint density at radius 2 is 2.00 bits per heavy atom. The number of rotatable bonds is 8. The molecule has 1 heterocycles. The van der Waals surface area contributed by atoms with Crippen molar-refractivity contribution in [1.29, 1.82) is 0 Å². The predicted molar refractivity (Wildman–Crippen MR) is 90.4 cm³/mol. The molecule has 1 rings (SSSR count). The predicted octanol–water partition coefficient (Wildman–Crippen LogP) is 1.70. The van der Waals surface area contributed by atoms with Crippen molar-refractivity contribution in [2.24, 2.45) is 0 Å². The van der Waals surface area contributed by atoms with E-state index in [1.165, 1.54) is 41.9 Å². The minimum Gasteiger partial charge on any atom is -0.467 e. The van der Waals surface area contributed by atoms with Crippen LogP contribution >= 0.6 is 21.6 Å². The number of sulfone groups is 1. The summed E-state index contributed by atoms with van der Waals surface area (Å²) >= 11 is 0. The van der Waals surface area contributed by atoms with Crippen molar-refractivity contribution in [2.75, 3.05) is 31.4 Å². The summed E-state index contributed by atoms with van der Waals surface area (Å²) in [4.78, 5) is 24.6. The molecule has 0 radical (unpaired) electrons. The smallest absolute Gasteiger partial charge is 0.343 e. The zero-order valence-corrected chi connectivity index (χ0v) is 15.6. The highest BCUT2D eigenvalue weighted by Gasteiger charge is 2.50. The molecule has 1 atom stereocenters. The number of hydrogen-bond donors (Lipinski definition) is 0. The van der Waals surface area contributed by atoms with Crippen LogP contribution in [0.3, 0.4) is 0 Å². The highest BCUT2D eigenvalue weighted by Crippen LogP contribution is 2.46. The van der Waals surface area contributed by atoms with E-state index in [9.17, 15) is 18.0 Å². The maximum atomic E-state index is 12.2. The molecule has 1 fully saturated rings. The maximum Gasteiger partial charge on any atom is 0.343 e. The van der Waals surface area contributed by atoms with Crippen LogP contribution in [0, 0.1) is 0 Å². The van der Waals surface area contributed by atoms with Crippen molar-refractivity contribution in [3.8, 4) is 0 Å². The van der Waals surface area contributed by atoms with E-state index in [2.05, 4.69) is 0 Å². The molecule has 0 spiro atoms. The van der Waals surface area contributed by atoms with E-state index in [1.807, 2.05) is 0 Å². The van der Waals surface area contributed by atoms with E-state index in [-0.39, 0.29) is 11.7 Å². The highest BCUT2D eigenvalue weighted by atomic mass is 33.1. The minimum absolute atomic E-state index is 0.131. The van der Waals surface area contributed by atoms with Crippen LogP contribution in [0.5, 0.6) is 0 Å². The first-order valence-corrected chi connectivity index (χ1v) is 11.5. The molecule has 0 aliphatic carbocycles. The van der Waals surface area contributed by atoms with Gasteiger partial charge in [-0.05, 0) is 25.7 Å². The van der Waals surface area contributed by atoms with Crippen molar-refractivity contribution < 1.29 is 22.7 Å². The van der Waals surface area contributed by atoms with Gasteiger partial charge in [0.1, 0.15) is 9.84 Å². The largest absolute Gasteiger partial charge is 0.467 e. The van der Waals surface area contributed by atoms with Crippen LogP contribution in [0.2, 0.25) is 0 Å². The molecule has 1 aliphatic rings. The van der Waals surface area contributed by atoms with Crippen molar-refractivity contribution in [1.82, 2.24) is 4.90 Å². The van der Waals surface area contributed by atoms with Crippen LogP contribution in [-0.2, 0) is 24.2 Å². The van der Waals surface area contributed by atoms with Crippen molar-refractivity contribution in [3.05, 3.63) is 0 Å². The second kappa shape index (κ2) is 8.44. The van der Waals surface area contributed by atoms with Crippen molar-refractivity contribution in [3.63, 3.8) is 0 Å². The van der Waals surface area contributed by atoms with Crippen LogP contribution in [-0.4, -0.2) is 61.5 Å². The summed E-state index contributed by atoms with van der Waals surface area (Å²) in [5.41, 5.74) is 0. The molecule has 22 heavy (non-hydrogen) atoms. The highest BCUT2D eigenvalue weighted by molar-refractivity contribution is 8.77. The standard InChI is InChI=1S/C13H23NO5S3/c1-11(15)14-8-6-7-13(14,12(16)19-2)21-20-9-4-5-10-22(3,17)18/h4-10H2,1-3H3/t13-/m1/s1. The van der Waals surface area contributed by atoms with E-state index in [0.29, 0.717) is 19.4 Å². The fraction of sp³-hybridized carbons (Fsp3) is 0.846. The lowest BCUT2D eigenvalue weighted by Crippen LogP contribution is -2.50. The van der Waals surface area contributed by atoms with E-state index in [0.717, 1.165) is 18.6 Å². The summed E-state index contributed by atoms with van der Waals surface area (Å²) in [6, 6.07) is 0. The van der Waals surface area contributed by atoms with E-state index < -0.39 is 20.7 Å². The molecule has 6 nitrogen and oxygen atoms in total. The Kier molecular flexibility index (Phi) is 7.54. The van der Waals surface area contributed by atoms with Crippen LogP contribution in [0.15, 0.2) is 0 Å². The minimum atomic E-state index is -2.92. The summed E-state index contributed by atoms with van der Waals surface area (Å²) in [5, 5.41) is 0. The average molecular weight is 370 g/mol. The Morgan fingerprint density at radius 1 is 1.32 bits per heavy atom. The second-order valence-corrected chi connectivity index (χ2v) is 10.2. The zero-order valence-electron chi connectivity index (χ0n) is 13.2. The molecule has 0 aromatic rings. The molecule has 0 N–H and O–H groups in total. The summed E-state index contributed by atoms with van der Waals surface area (Å²) in [5.74, 6) is 0.381. The number of methoxy groups -OCH3 is 1. The van der Waals surface area contributed by atoms with Gasteiger partial charge in [0.2, 0.25) is 5.91 Å². The fourth-order valence-electron chi connectivity index (χ4n) is 2.36. The van der Waals surface area contributed by atoms with Crippen molar-refractivity contribution in [2.45, 2.75) is 37.5 Å². The van der Waals surface area contributed by atoms with Crippen LogP contribution in [0.1, 0.15) is 32.6 Å². The number of esters is 1. The average Bonchev–Trinajstić information content (AvgIpc) is 2.85. The van der Waals surface area contributed by atoms with Crippen LogP contribution < -0.4 is 0 Å². The van der Waals surface area contributed by atoms with Crippen LogP contribution in [0.4, 0.5) is 0 Å². The molecule has 1 aliphatic heterocycles. The van der Waals surface area contributed by atoms with Gasteiger partial charge in [-0.3, -0.25) is 4.79 Å². The van der Waals surface area contributed by atoms with E-state index in [1.54, 1.807) is 4.90 Å². The summed E-state index contributed by atoms with van der Waals surface area (Å²) < 4.78 is 27.0. The molecule has 0 bridgehead atoms. The third kappa shape index (κ3) is 5.34. The van der Waals surface area contributed by atoms with Gasteiger partial charge in [0.05, 0.1) is 7.11 Å². The third-order valence-corrected chi connectivity index (χ3v) is 7.56. The number of unbranched alkanes of at least 4 members (excludes halogenated alkanes) is 1. The van der Waals surface area contributed by atoms with Gasteiger partial charge in [-0.15, -0.1) is 0 Å². The number of likely N-dealkylation sites (tertiary alicyclic amines) is 1. The Labute approximate surface area is 140 Å². The molecule has 9 heteroatoms. The normalized spacial score (nSPS) is 21.9. The SMILES string of the molecule is COC(=O)[C@]1(SSCCCCS(C)(=O)=O)CCCN1C(C)=O. The third-order valence-electron chi connectivity index (χ3n) is 3.41. The maximum absolute atomic E-state index is 12.2. The number of hydrogen-bond acceptors (Lipinski definition) is 7.